The van der Waals surface area contributed by atoms with Crippen molar-refractivity contribution in [3.63, 3.8) is 0 Å². The minimum absolute atomic E-state index is 0.0420. The highest BCUT2D eigenvalue weighted by atomic mass is 16.6. The van der Waals surface area contributed by atoms with E-state index in [1.807, 2.05) is 20.8 Å². The average molecular weight is 303 g/mol. The van der Waals surface area contributed by atoms with Crippen LogP contribution in [0.3, 0.4) is 0 Å². The summed E-state index contributed by atoms with van der Waals surface area (Å²) in [7, 11) is 0. The van der Waals surface area contributed by atoms with Crippen LogP contribution in [0.1, 0.15) is 46.5 Å². The summed E-state index contributed by atoms with van der Waals surface area (Å²) in [5.74, 6) is 0.0420. The SMILES string of the molecule is CCCOC[C@H]1C[C@@H]([N+](=O)[O-])C(OCCC)[C@H]1OCCC. The highest BCUT2D eigenvalue weighted by molar-refractivity contribution is 4.94. The predicted molar refractivity (Wildman–Crippen MR) is 80.1 cm³/mol. The van der Waals surface area contributed by atoms with E-state index in [-0.39, 0.29) is 16.9 Å². The molecule has 0 spiro atoms. The zero-order valence-corrected chi connectivity index (χ0v) is 13.5. The molecule has 0 aromatic heterocycles. The lowest BCUT2D eigenvalue weighted by molar-refractivity contribution is -0.533. The van der Waals surface area contributed by atoms with E-state index in [1.165, 1.54) is 0 Å². The summed E-state index contributed by atoms with van der Waals surface area (Å²) in [6.45, 7) is 8.41. The Hall–Kier alpha value is -0.720. The van der Waals surface area contributed by atoms with Crippen LogP contribution in [0, 0.1) is 16.0 Å². The van der Waals surface area contributed by atoms with Gasteiger partial charge in [-0.15, -0.1) is 0 Å². The van der Waals surface area contributed by atoms with Gasteiger partial charge in [-0.05, 0) is 19.3 Å². The van der Waals surface area contributed by atoms with Crippen LogP contribution in [-0.2, 0) is 14.2 Å². The zero-order chi connectivity index (χ0) is 15.7. The van der Waals surface area contributed by atoms with Crippen LogP contribution in [0.5, 0.6) is 0 Å². The monoisotopic (exact) mass is 303 g/mol. The van der Waals surface area contributed by atoms with Gasteiger partial charge >= 0.3 is 0 Å². The molecule has 0 N–H and O–H groups in total. The van der Waals surface area contributed by atoms with E-state index < -0.39 is 12.1 Å². The summed E-state index contributed by atoms with van der Waals surface area (Å²) in [6.07, 6.45) is 2.47. The first-order valence-electron chi connectivity index (χ1n) is 8.10. The molecule has 0 saturated heterocycles. The van der Waals surface area contributed by atoms with Crippen LogP contribution < -0.4 is 0 Å². The molecular formula is C15H29NO5. The van der Waals surface area contributed by atoms with Crippen molar-refractivity contribution in [2.75, 3.05) is 26.4 Å². The molecule has 1 aliphatic rings. The van der Waals surface area contributed by atoms with Gasteiger partial charge in [0.25, 0.3) is 0 Å². The second-order valence-electron chi connectivity index (χ2n) is 5.59. The van der Waals surface area contributed by atoms with Crippen molar-refractivity contribution >= 4 is 0 Å². The maximum Gasteiger partial charge on any atom is 0.241 e. The summed E-state index contributed by atoms with van der Waals surface area (Å²) in [5, 5.41) is 11.3. The third-order valence-corrected chi connectivity index (χ3v) is 3.69. The van der Waals surface area contributed by atoms with Crippen LogP contribution in [0.15, 0.2) is 0 Å². The normalized spacial score (nSPS) is 28.9. The van der Waals surface area contributed by atoms with Gasteiger partial charge in [-0.3, -0.25) is 10.1 Å². The van der Waals surface area contributed by atoms with Gasteiger partial charge in [-0.1, -0.05) is 20.8 Å². The Morgan fingerprint density at radius 3 is 2.10 bits per heavy atom. The molecule has 0 aliphatic heterocycles. The minimum atomic E-state index is -0.686. The zero-order valence-electron chi connectivity index (χ0n) is 13.5. The van der Waals surface area contributed by atoms with E-state index in [0.29, 0.717) is 32.8 Å². The van der Waals surface area contributed by atoms with Crippen molar-refractivity contribution in [3.8, 4) is 0 Å². The Labute approximate surface area is 127 Å². The maximum absolute atomic E-state index is 11.3. The van der Waals surface area contributed by atoms with Gasteiger partial charge in [0, 0.05) is 37.1 Å². The lowest BCUT2D eigenvalue weighted by Crippen LogP contribution is -2.40. The number of rotatable bonds is 11. The van der Waals surface area contributed by atoms with Gasteiger partial charge in [0.15, 0.2) is 6.10 Å². The van der Waals surface area contributed by atoms with Crippen molar-refractivity contribution in [2.24, 2.45) is 5.92 Å². The van der Waals surface area contributed by atoms with E-state index in [9.17, 15) is 10.1 Å². The summed E-state index contributed by atoms with van der Waals surface area (Å²) in [6, 6.07) is -0.686. The van der Waals surface area contributed by atoms with Crippen molar-refractivity contribution in [1.29, 1.82) is 0 Å². The quantitative estimate of drug-likeness (QED) is 0.333. The fraction of sp³-hybridized carbons (Fsp3) is 1.00. The summed E-state index contributed by atoms with van der Waals surface area (Å²) < 4.78 is 17.2. The minimum Gasteiger partial charge on any atom is -0.381 e. The lowest BCUT2D eigenvalue weighted by atomic mass is 10.1. The Morgan fingerprint density at radius 1 is 1.00 bits per heavy atom. The lowest BCUT2D eigenvalue weighted by Gasteiger charge is -2.24. The Morgan fingerprint density at radius 2 is 1.57 bits per heavy atom. The third-order valence-electron chi connectivity index (χ3n) is 3.69. The molecular weight excluding hydrogens is 274 g/mol. The molecule has 6 heteroatoms. The molecule has 4 atom stereocenters. The Kier molecular flexibility index (Phi) is 8.80. The first kappa shape index (κ1) is 18.3. The van der Waals surface area contributed by atoms with Crippen molar-refractivity contribution in [1.82, 2.24) is 0 Å². The largest absolute Gasteiger partial charge is 0.381 e. The fourth-order valence-electron chi connectivity index (χ4n) is 2.76. The van der Waals surface area contributed by atoms with E-state index in [1.54, 1.807) is 0 Å². The molecule has 6 nitrogen and oxygen atoms in total. The molecule has 0 heterocycles. The van der Waals surface area contributed by atoms with Gasteiger partial charge in [-0.25, -0.2) is 0 Å². The van der Waals surface area contributed by atoms with Crippen LogP contribution in [0.25, 0.3) is 0 Å². The molecule has 1 saturated carbocycles. The van der Waals surface area contributed by atoms with Crippen molar-refractivity contribution in [3.05, 3.63) is 10.1 Å². The molecule has 124 valence electrons. The average Bonchev–Trinajstić information content (AvgIpc) is 2.81. The second kappa shape index (κ2) is 10.1. The number of hydrogen-bond donors (Lipinski definition) is 0. The molecule has 0 bridgehead atoms. The van der Waals surface area contributed by atoms with Gasteiger partial charge in [0.05, 0.1) is 12.7 Å². The fourth-order valence-corrected chi connectivity index (χ4v) is 2.76. The van der Waals surface area contributed by atoms with E-state index >= 15 is 0 Å². The number of hydrogen-bond acceptors (Lipinski definition) is 5. The maximum atomic E-state index is 11.3. The molecule has 1 fully saturated rings. The highest BCUT2D eigenvalue weighted by Gasteiger charge is 2.51. The molecule has 0 radical (unpaired) electrons. The third kappa shape index (κ3) is 5.52. The molecule has 0 aromatic carbocycles. The van der Waals surface area contributed by atoms with Crippen molar-refractivity contribution < 1.29 is 19.1 Å². The number of ether oxygens (including phenoxy) is 3. The summed E-state index contributed by atoms with van der Waals surface area (Å²) in [4.78, 5) is 11.1. The summed E-state index contributed by atoms with van der Waals surface area (Å²) >= 11 is 0. The first-order chi connectivity index (χ1) is 10.2. The standard InChI is InChI=1S/C15H29NO5/c1-4-7-19-11-12-10-13(16(17)18)15(21-9-6-3)14(12)20-8-5-2/h12-15H,4-11H2,1-3H3/t12-,13-,14+,15?/m1/s1. The highest BCUT2D eigenvalue weighted by Crippen LogP contribution is 2.33. The molecule has 1 unspecified atom stereocenters. The predicted octanol–water partition coefficient (Wildman–Crippen LogP) is 2.67. The van der Waals surface area contributed by atoms with Crippen LogP contribution in [-0.4, -0.2) is 49.6 Å². The Balaban J connectivity index is 2.72. The molecule has 1 aliphatic carbocycles. The smallest absolute Gasteiger partial charge is 0.241 e. The van der Waals surface area contributed by atoms with E-state index in [0.717, 1.165) is 19.3 Å². The van der Waals surface area contributed by atoms with Crippen molar-refractivity contribution in [2.45, 2.75) is 64.7 Å². The first-order valence-corrected chi connectivity index (χ1v) is 8.10. The molecule has 0 amide bonds. The van der Waals surface area contributed by atoms with Crippen LogP contribution in [0.4, 0.5) is 0 Å². The van der Waals surface area contributed by atoms with Crippen LogP contribution in [0.2, 0.25) is 0 Å². The number of nitro groups is 1. The van der Waals surface area contributed by atoms with Gasteiger partial charge in [0.2, 0.25) is 6.04 Å². The summed E-state index contributed by atoms with van der Waals surface area (Å²) in [5.41, 5.74) is 0. The van der Waals surface area contributed by atoms with E-state index in [4.69, 9.17) is 14.2 Å². The van der Waals surface area contributed by atoms with Gasteiger partial charge < -0.3 is 14.2 Å². The molecule has 1 rings (SSSR count). The van der Waals surface area contributed by atoms with Gasteiger partial charge in [-0.2, -0.15) is 0 Å². The molecule has 21 heavy (non-hydrogen) atoms. The number of nitrogens with zero attached hydrogens (tertiary/aromatic N) is 1. The Bertz CT molecular complexity index is 300. The topological polar surface area (TPSA) is 70.8 Å². The molecule has 0 aromatic rings. The van der Waals surface area contributed by atoms with Gasteiger partial charge in [0.1, 0.15) is 0 Å². The van der Waals surface area contributed by atoms with Crippen LogP contribution >= 0.6 is 0 Å². The second-order valence-corrected chi connectivity index (χ2v) is 5.59. The van der Waals surface area contributed by atoms with E-state index in [2.05, 4.69) is 0 Å².